The van der Waals surface area contributed by atoms with Gasteiger partial charge in [0.1, 0.15) is 70.6 Å². The van der Waals surface area contributed by atoms with E-state index >= 15 is 0 Å². The van der Waals surface area contributed by atoms with Crippen molar-refractivity contribution in [3.05, 3.63) is 432 Å². The number of pyridine rings is 1. The molecule has 0 atom stereocenters. The van der Waals surface area contributed by atoms with Crippen molar-refractivity contribution in [1.82, 2.24) is 9.14 Å². The van der Waals surface area contributed by atoms with Crippen molar-refractivity contribution in [3.63, 3.8) is 0 Å². The second-order valence-electron chi connectivity index (χ2n) is 35.3. The Morgan fingerprint density at radius 1 is 0.291 bits per heavy atom. The number of carboxylic acid groups (broad SMARTS) is 3. The molecule has 0 unspecified atom stereocenters. The molecule has 3 aliphatic carbocycles. The largest absolute Gasteiger partial charge is 0.508 e. The number of carbonyl (C=O) groups is 3. The number of aromatic carboxylic acids is 3. The SMILES string of the molecule is C[N+](C)=c1ccc2c(ccc3c(-c4ccccc4C(=O)O)c4ccc(B(O)O)cc4oc32)c1.O=C(O)c1ccccc1-c1c2ccc(=O)cc-2oc2cc(Cc3cccc(B(O)O)c3)ccc12.O=C(O)c1ccccc1-c1c2ccc(B(O)O)cc2oc2c1ccc1cc(=O)ccc12.O=c1ccc2c(-c3cccc(B(O)O)c3)c3ccc(O)cc3oc-2c1.O=c1ccc2cc3ccc(O)cc3n(-c3cccc(B(O)O)c3)c-2c1. The summed E-state index contributed by atoms with van der Waals surface area (Å²) in [6, 6.07) is 100. The summed E-state index contributed by atoms with van der Waals surface area (Å²) < 4.78 is 28.3. The Balaban J connectivity index is 0.000000117. The molecule has 2 aromatic heterocycles. The lowest BCUT2D eigenvalue weighted by molar-refractivity contribution is 0.0687. The maximum absolute atomic E-state index is 12.0. The molecule has 28 nitrogen and oxygen atoms in total. The van der Waals surface area contributed by atoms with Gasteiger partial charge in [0.15, 0.2) is 27.1 Å². The normalized spacial score (nSPS) is 11.2. The van der Waals surface area contributed by atoms with Crippen LogP contribution in [0.25, 0.3) is 182 Å². The Labute approximate surface area is 839 Å². The van der Waals surface area contributed by atoms with Gasteiger partial charge in [0, 0.05) is 125 Å². The van der Waals surface area contributed by atoms with E-state index in [1.807, 2.05) is 96.0 Å². The third-order valence-electron chi connectivity index (χ3n) is 25.6. The molecular formula is C115H82B5N2O26+. The van der Waals surface area contributed by atoms with Crippen LogP contribution in [0.15, 0.2) is 395 Å². The minimum absolute atomic E-state index is 0.0550. The molecular weight excluding hydrogens is 1880 g/mol. The average Bonchev–Trinajstić information content (AvgIpc) is 0.729. The fourth-order valence-electron chi connectivity index (χ4n) is 18.7. The van der Waals surface area contributed by atoms with Crippen LogP contribution in [0.4, 0.5) is 0 Å². The van der Waals surface area contributed by atoms with Crippen molar-refractivity contribution < 1.29 is 108 Å². The number of rotatable bonds is 15. The van der Waals surface area contributed by atoms with Crippen LogP contribution in [0, 0.1) is 0 Å². The molecule has 0 spiro atoms. The summed E-state index contributed by atoms with van der Waals surface area (Å²) in [5, 5.41) is 154. The summed E-state index contributed by atoms with van der Waals surface area (Å²) in [4.78, 5) is 83.4. The van der Waals surface area contributed by atoms with E-state index in [-0.39, 0.29) is 55.4 Å². The number of benzene rings is 18. The minimum Gasteiger partial charge on any atom is -0.508 e. The quantitative estimate of drug-likeness (QED) is 0.0196. The summed E-state index contributed by atoms with van der Waals surface area (Å²) in [6.07, 6.45) is 0.521. The van der Waals surface area contributed by atoms with E-state index in [9.17, 15) is 109 Å². The number of phenols is 2. The van der Waals surface area contributed by atoms with Crippen LogP contribution in [0.3, 0.4) is 0 Å². The molecule has 6 aliphatic rings. The maximum atomic E-state index is 12.0. The first kappa shape index (κ1) is 98.5. The van der Waals surface area contributed by atoms with E-state index in [0.717, 1.165) is 76.6 Å². The van der Waals surface area contributed by atoms with E-state index in [1.165, 1.54) is 66.7 Å². The standard InChI is InChI=1S/C27H19BO6.C26H20BNO5.C24H15BO6.C19H14BNO4.C19H13BO5/c29-19-9-11-23-25(15-19)34-24-14-17(12-16-4-3-5-18(13-16)28(32)33)8-10-22(24)26(23)20-6-1-2-7-21(20)27(30)31;1-28(2)17-9-12-18-15(13-17)7-10-22-24(19-5-3-4-6-20(19)26(29)30)21-11-8-16(27(31)32)14-23(21)33-25(18)22;26-15-7-10-16-13(11-15)5-8-20-22(17-3-1-2-4-18(17)24(27)28)19-9-6-14(25(29)30)12-21(19)31-23(16)20;22-16-6-4-12-8-13-5-7-17(23)11-19(13)21(18(12)10-16)15-3-1-2-14(9-15)20(24)25;21-13-4-6-15-17(9-13)25-18-10-14(22)5-7-16(18)19(15)11-2-1-3-12(8-11)20(23)24/h1-11,13-15,32-33H,12H2,(H,30,31);3-14,31-32H,1-2H3;1-12,29-30H,(H,27,28);1-11,22,24-25H;1-10,21,23-24H/p+1. The van der Waals surface area contributed by atoms with Crippen molar-refractivity contribution in [2.45, 2.75) is 6.42 Å². The molecule has 722 valence electrons. The van der Waals surface area contributed by atoms with E-state index in [4.69, 9.17) is 17.7 Å². The summed E-state index contributed by atoms with van der Waals surface area (Å²) in [7, 11) is -4.10. The van der Waals surface area contributed by atoms with Crippen LogP contribution < -0.4 is 59.0 Å². The van der Waals surface area contributed by atoms with Gasteiger partial charge in [-0.1, -0.05) is 164 Å². The van der Waals surface area contributed by atoms with Gasteiger partial charge in [0.2, 0.25) is 0 Å². The van der Waals surface area contributed by atoms with Crippen LogP contribution in [0.1, 0.15) is 42.2 Å². The number of fused-ring (bicyclic) bond motifs is 14. The number of carboxylic acids is 3. The third kappa shape index (κ3) is 20.0. The number of aromatic hydroxyl groups is 2. The molecule has 0 amide bonds. The molecule has 0 saturated heterocycles. The minimum atomic E-state index is -1.68. The van der Waals surface area contributed by atoms with Gasteiger partial charge in [-0.05, 0) is 240 Å². The third-order valence-corrected chi connectivity index (χ3v) is 25.6. The Bertz CT molecular complexity index is 9520. The molecule has 0 bridgehead atoms. The van der Waals surface area contributed by atoms with Crippen molar-refractivity contribution in [3.8, 4) is 95.6 Å². The highest BCUT2D eigenvalue weighted by Gasteiger charge is 2.29. The predicted octanol–water partition coefficient (Wildman–Crippen LogP) is 12.9. The number of hydrogen-bond donors (Lipinski definition) is 15. The van der Waals surface area contributed by atoms with Gasteiger partial charge in [-0.25, -0.2) is 19.0 Å². The zero-order chi connectivity index (χ0) is 104. The molecule has 0 fully saturated rings. The van der Waals surface area contributed by atoms with E-state index in [2.05, 4.69) is 6.07 Å². The van der Waals surface area contributed by atoms with Crippen LogP contribution in [-0.4, -0.2) is 148 Å². The molecule has 17 aromatic rings. The van der Waals surface area contributed by atoms with Gasteiger partial charge in [0.25, 0.3) is 0 Å². The average molecular weight is 1960 g/mol. The first-order chi connectivity index (χ1) is 71.2. The smallest absolute Gasteiger partial charge is 0.488 e. The topological polar surface area (TPSA) is 483 Å². The molecule has 0 radical (unpaired) electrons. The van der Waals surface area contributed by atoms with Gasteiger partial charge in [-0.3, -0.25) is 19.2 Å². The predicted molar refractivity (Wildman–Crippen MR) is 575 cm³/mol. The Morgan fingerprint density at radius 3 is 1.26 bits per heavy atom. The lowest BCUT2D eigenvalue weighted by atomic mass is 9.78. The number of phenolic OH excluding ortho intramolecular Hbond substituents is 2. The number of hydrogen-bond acceptors (Lipinski definition) is 23. The van der Waals surface area contributed by atoms with Gasteiger partial charge in [-0.15, -0.1) is 0 Å². The first-order valence-electron chi connectivity index (χ1n) is 46.2. The molecule has 15 aromatic carbocycles. The Hall–Kier alpha value is -18.2. The highest BCUT2D eigenvalue weighted by molar-refractivity contribution is 6.60. The van der Waals surface area contributed by atoms with Crippen molar-refractivity contribution >= 4 is 179 Å². The highest BCUT2D eigenvalue weighted by atomic mass is 16.4. The molecule has 5 heterocycles. The highest BCUT2D eigenvalue weighted by Crippen LogP contribution is 2.47. The fourth-order valence-corrected chi connectivity index (χ4v) is 18.7. The lowest BCUT2D eigenvalue weighted by Gasteiger charge is -2.20. The zero-order valence-corrected chi connectivity index (χ0v) is 78.3. The van der Waals surface area contributed by atoms with Crippen molar-refractivity contribution in [2.75, 3.05) is 14.1 Å². The Morgan fingerprint density at radius 2 is 0.696 bits per heavy atom. The summed E-state index contributed by atoms with van der Waals surface area (Å²) in [5.41, 5.74) is 15.6. The molecule has 23 rings (SSSR count). The van der Waals surface area contributed by atoms with E-state index in [0.29, 0.717) is 151 Å². The van der Waals surface area contributed by atoms with Crippen LogP contribution >= 0.6 is 0 Å². The zero-order valence-electron chi connectivity index (χ0n) is 78.3. The van der Waals surface area contributed by atoms with Gasteiger partial charge >= 0.3 is 53.5 Å². The number of nitrogens with zero attached hydrogens (tertiary/aromatic N) is 2. The second-order valence-corrected chi connectivity index (χ2v) is 35.3. The molecule has 33 heteroatoms. The van der Waals surface area contributed by atoms with Crippen molar-refractivity contribution in [1.29, 1.82) is 0 Å². The first-order valence-corrected chi connectivity index (χ1v) is 46.2. The maximum Gasteiger partial charge on any atom is 0.488 e. The van der Waals surface area contributed by atoms with Gasteiger partial charge in [-0.2, -0.15) is 0 Å². The van der Waals surface area contributed by atoms with Crippen LogP contribution in [0.2, 0.25) is 0 Å². The lowest BCUT2D eigenvalue weighted by Crippen LogP contribution is -2.30. The Kier molecular flexibility index (Phi) is 27.5. The molecule has 3 aliphatic heterocycles. The van der Waals surface area contributed by atoms with Crippen molar-refractivity contribution in [2.24, 2.45) is 0 Å². The monoisotopic (exact) mass is 1960 g/mol. The van der Waals surface area contributed by atoms with E-state index in [1.54, 1.807) is 212 Å². The molecule has 148 heavy (non-hydrogen) atoms. The summed E-state index contributed by atoms with van der Waals surface area (Å²) in [5.74, 6) is -2.19. The molecule has 0 saturated carbocycles. The fraction of sp³-hybridized carbons (Fsp3) is 0.0261. The van der Waals surface area contributed by atoms with Crippen LogP contribution in [-0.2, 0) is 6.42 Å². The number of aromatic nitrogens is 1. The summed E-state index contributed by atoms with van der Waals surface area (Å²) >= 11 is 0. The van der Waals surface area contributed by atoms with Gasteiger partial charge < -0.3 is 98.0 Å². The van der Waals surface area contributed by atoms with Gasteiger partial charge in [0.05, 0.1) is 27.9 Å². The molecule has 15 N–H and O–H groups in total. The van der Waals surface area contributed by atoms with Crippen LogP contribution in [0.5, 0.6) is 11.5 Å². The second kappa shape index (κ2) is 41.2. The van der Waals surface area contributed by atoms with E-state index < -0.39 is 53.5 Å². The summed E-state index contributed by atoms with van der Waals surface area (Å²) in [6.45, 7) is 0.